The minimum absolute atomic E-state index is 0.0624. The van der Waals surface area contributed by atoms with E-state index in [1.54, 1.807) is 30.9 Å². The van der Waals surface area contributed by atoms with Crippen molar-refractivity contribution in [3.05, 3.63) is 60.2 Å². The first-order valence-electron chi connectivity index (χ1n) is 6.47. The summed E-state index contributed by atoms with van der Waals surface area (Å²) in [7, 11) is 0. The number of carbonyl (C=O) groups is 1. The van der Waals surface area contributed by atoms with Gasteiger partial charge in [-0.3, -0.25) is 14.8 Å². The zero-order chi connectivity index (χ0) is 13.1. The van der Waals surface area contributed by atoms with Crippen LogP contribution in [0.2, 0.25) is 0 Å². The predicted molar refractivity (Wildman–Crippen MR) is 71.5 cm³/mol. The van der Waals surface area contributed by atoms with Crippen molar-refractivity contribution in [2.24, 2.45) is 0 Å². The van der Waals surface area contributed by atoms with E-state index in [2.05, 4.69) is 9.97 Å². The second-order valence-corrected chi connectivity index (χ2v) is 4.68. The predicted octanol–water partition coefficient (Wildman–Crippen LogP) is 2.45. The van der Waals surface area contributed by atoms with Gasteiger partial charge in [0.1, 0.15) is 0 Å². The molecule has 1 atom stereocenters. The minimum atomic E-state index is 0.0624. The fourth-order valence-corrected chi connectivity index (χ4v) is 2.60. The monoisotopic (exact) mass is 253 g/mol. The number of likely N-dealkylation sites (tertiary alicyclic amines) is 1. The van der Waals surface area contributed by atoms with Gasteiger partial charge in [-0.25, -0.2) is 0 Å². The SMILES string of the molecule is O=C(c1cccnc1)N1CCCC1c1ccncc1. The van der Waals surface area contributed by atoms with Gasteiger partial charge < -0.3 is 4.90 Å². The average molecular weight is 253 g/mol. The van der Waals surface area contributed by atoms with Crippen molar-refractivity contribution in [2.45, 2.75) is 18.9 Å². The summed E-state index contributed by atoms with van der Waals surface area (Å²) in [4.78, 5) is 22.5. The first-order chi connectivity index (χ1) is 9.36. The second-order valence-electron chi connectivity index (χ2n) is 4.68. The van der Waals surface area contributed by atoms with Crippen molar-refractivity contribution in [3.8, 4) is 0 Å². The standard InChI is InChI=1S/C15H15N3O/c19-15(13-3-1-7-17-11-13)18-10-2-4-14(18)12-5-8-16-9-6-12/h1,3,5-9,11,14H,2,4,10H2. The molecule has 0 radical (unpaired) electrons. The van der Waals surface area contributed by atoms with Gasteiger partial charge in [-0.15, -0.1) is 0 Å². The number of hydrogen-bond donors (Lipinski definition) is 0. The Labute approximate surface area is 112 Å². The Morgan fingerprint density at radius 1 is 1.16 bits per heavy atom. The maximum atomic E-state index is 12.5. The molecule has 1 saturated heterocycles. The van der Waals surface area contributed by atoms with Gasteiger partial charge in [0.05, 0.1) is 11.6 Å². The lowest BCUT2D eigenvalue weighted by atomic mass is 10.1. The molecule has 0 bridgehead atoms. The van der Waals surface area contributed by atoms with Gasteiger partial charge in [0.25, 0.3) is 5.91 Å². The smallest absolute Gasteiger partial charge is 0.255 e. The van der Waals surface area contributed by atoms with E-state index in [0.29, 0.717) is 5.56 Å². The van der Waals surface area contributed by atoms with Crippen molar-refractivity contribution in [2.75, 3.05) is 6.54 Å². The van der Waals surface area contributed by atoms with Crippen LogP contribution in [-0.4, -0.2) is 27.3 Å². The van der Waals surface area contributed by atoms with Crippen LogP contribution in [0, 0.1) is 0 Å². The number of carbonyl (C=O) groups excluding carboxylic acids is 1. The van der Waals surface area contributed by atoms with E-state index < -0.39 is 0 Å². The highest BCUT2D eigenvalue weighted by Crippen LogP contribution is 2.32. The van der Waals surface area contributed by atoms with Gasteiger partial charge in [0.2, 0.25) is 0 Å². The number of nitrogens with zero attached hydrogens (tertiary/aromatic N) is 3. The molecular weight excluding hydrogens is 238 g/mol. The van der Waals surface area contributed by atoms with Crippen molar-refractivity contribution >= 4 is 5.91 Å². The molecule has 3 heterocycles. The topological polar surface area (TPSA) is 46.1 Å². The van der Waals surface area contributed by atoms with E-state index in [0.717, 1.165) is 24.9 Å². The molecule has 4 nitrogen and oxygen atoms in total. The van der Waals surface area contributed by atoms with Crippen molar-refractivity contribution < 1.29 is 4.79 Å². The summed E-state index contributed by atoms with van der Waals surface area (Å²) in [5.74, 6) is 0.0624. The van der Waals surface area contributed by atoms with Gasteiger partial charge >= 0.3 is 0 Å². The fourth-order valence-electron chi connectivity index (χ4n) is 2.60. The highest BCUT2D eigenvalue weighted by atomic mass is 16.2. The summed E-state index contributed by atoms with van der Waals surface area (Å²) in [6.07, 6.45) is 8.92. The zero-order valence-electron chi connectivity index (χ0n) is 10.6. The Kier molecular flexibility index (Phi) is 3.23. The number of hydrogen-bond acceptors (Lipinski definition) is 3. The molecule has 2 aromatic rings. The Morgan fingerprint density at radius 2 is 2.00 bits per heavy atom. The minimum Gasteiger partial charge on any atom is -0.332 e. The molecule has 0 N–H and O–H groups in total. The molecule has 1 unspecified atom stereocenters. The van der Waals surface area contributed by atoms with E-state index in [1.165, 1.54) is 0 Å². The number of rotatable bonds is 2. The number of pyridine rings is 2. The molecule has 0 aromatic carbocycles. The van der Waals surface area contributed by atoms with Gasteiger partial charge in [0, 0.05) is 31.3 Å². The van der Waals surface area contributed by atoms with Crippen molar-refractivity contribution in [1.82, 2.24) is 14.9 Å². The van der Waals surface area contributed by atoms with E-state index >= 15 is 0 Å². The molecule has 1 aliphatic rings. The summed E-state index contributed by atoms with van der Waals surface area (Å²) in [5.41, 5.74) is 1.81. The summed E-state index contributed by atoms with van der Waals surface area (Å²) in [5, 5.41) is 0. The highest BCUT2D eigenvalue weighted by Gasteiger charge is 2.30. The lowest BCUT2D eigenvalue weighted by Crippen LogP contribution is -2.30. The van der Waals surface area contributed by atoms with Crippen LogP contribution in [0.1, 0.15) is 34.8 Å². The van der Waals surface area contributed by atoms with Crippen LogP contribution in [0.3, 0.4) is 0 Å². The molecule has 3 rings (SSSR count). The number of aromatic nitrogens is 2. The lowest BCUT2D eigenvalue weighted by Gasteiger charge is -2.25. The van der Waals surface area contributed by atoms with Crippen LogP contribution in [0.25, 0.3) is 0 Å². The molecule has 96 valence electrons. The molecule has 1 aliphatic heterocycles. The van der Waals surface area contributed by atoms with Gasteiger partial charge in [-0.1, -0.05) is 0 Å². The number of amides is 1. The molecule has 0 saturated carbocycles. The normalized spacial score (nSPS) is 18.5. The summed E-state index contributed by atoms with van der Waals surface area (Å²) < 4.78 is 0. The third-order valence-electron chi connectivity index (χ3n) is 3.51. The molecular formula is C15H15N3O. The van der Waals surface area contributed by atoms with Gasteiger partial charge in [0.15, 0.2) is 0 Å². The average Bonchev–Trinajstić information content (AvgIpc) is 2.98. The van der Waals surface area contributed by atoms with Crippen molar-refractivity contribution in [3.63, 3.8) is 0 Å². The Balaban J connectivity index is 1.86. The molecule has 0 spiro atoms. The van der Waals surface area contributed by atoms with E-state index in [-0.39, 0.29) is 11.9 Å². The van der Waals surface area contributed by atoms with E-state index in [1.807, 2.05) is 23.1 Å². The fraction of sp³-hybridized carbons (Fsp3) is 0.267. The van der Waals surface area contributed by atoms with Crippen LogP contribution >= 0.6 is 0 Å². The highest BCUT2D eigenvalue weighted by molar-refractivity contribution is 5.94. The van der Waals surface area contributed by atoms with Crippen LogP contribution in [-0.2, 0) is 0 Å². The van der Waals surface area contributed by atoms with Gasteiger partial charge in [-0.05, 0) is 42.7 Å². The third-order valence-corrected chi connectivity index (χ3v) is 3.51. The largest absolute Gasteiger partial charge is 0.332 e. The summed E-state index contributed by atoms with van der Waals surface area (Å²) in [6, 6.07) is 7.75. The lowest BCUT2D eigenvalue weighted by molar-refractivity contribution is 0.0735. The third kappa shape index (κ3) is 2.34. The van der Waals surface area contributed by atoms with Crippen LogP contribution in [0.5, 0.6) is 0 Å². The summed E-state index contributed by atoms with van der Waals surface area (Å²) >= 11 is 0. The first-order valence-corrected chi connectivity index (χ1v) is 6.47. The molecule has 19 heavy (non-hydrogen) atoms. The second kappa shape index (κ2) is 5.18. The Bertz CT molecular complexity index is 556. The maximum Gasteiger partial charge on any atom is 0.255 e. The molecule has 0 aliphatic carbocycles. The van der Waals surface area contributed by atoms with Crippen molar-refractivity contribution in [1.29, 1.82) is 0 Å². The summed E-state index contributed by atoms with van der Waals surface area (Å²) in [6.45, 7) is 0.806. The molecule has 1 amide bonds. The quantitative estimate of drug-likeness (QED) is 0.826. The molecule has 4 heteroatoms. The van der Waals surface area contributed by atoms with Crippen LogP contribution in [0.4, 0.5) is 0 Å². The van der Waals surface area contributed by atoms with Crippen LogP contribution in [0.15, 0.2) is 49.1 Å². The molecule has 1 fully saturated rings. The Hall–Kier alpha value is -2.23. The first kappa shape index (κ1) is 11.8. The van der Waals surface area contributed by atoms with E-state index in [9.17, 15) is 4.79 Å². The Morgan fingerprint density at radius 3 is 2.74 bits per heavy atom. The van der Waals surface area contributed by atoms with Crippen LogP contribution < -0.4 is 0 Å². The van der Waals surface area contributed by atoms with E-state index in [4.69, 9.17) is 0 Å². The zero-order valence-corrected chi connectivity index (χ0v) is 10.6. The van der Waals surface area contributed by atoms with Gasteiger partial charge in [-0.2, -0.15) is 0 Å². The maximum absolute atomic E-state index is 12.5. The molecule has 2 aromatic heterocycles.